The molecule has 7 heteroatoms. The van der Waals surface area contributed by atoms with Gasteiger partial charge in [0.2, 0.25) is 10.0 Å². The molecule has 4 rings (SSSR count). The predicted molar refractivity (Wildman–Crippen MR) is 135 cm³/mol. The Morgan fingerprint density at radius 1 is 0.939 bits per heavy atom. The van der Waals surface area contributed by atoms with Gasteiger partial charge in [0.15, 0.2) is 0 Å². The number of anilines is 1. The first kappa shape index (κ1) is 23.5. The van der Waals surface area contributed by atoms with Crippen LogP contribution in [0.2, 0.25) is 0 Å². The lowest BCUT2D eigenvalue weighted by Crippen LogP contribution is -2.29. The fraction of sp³-hybridized carbons (Fsp3) is 0.269. The maximum Gasteiger partial charge on any atom is 0.255 e. The van der Waals surface area contributed by atoms with Crippen LogP contribution in [0.3, 0.4) is 0 Å². The molecule has 1 amide bonds. The largest absolute Gasteiger partial charge is 0.322 e. The Kier molecular flexibility index (Phi) is 7.53. The van der Waals surface area contributed by atoms with E-state index >= 15 is 0 Å². The molecule has 0 radical (unpaired) electrons. The van der Waals surface area contributed by atoms with Crippen LogP contribution in [0, 0.1) is 6.92 Å². The molecule has 3 aromatic rings. The van der Waals surface area contributed by atoms with Crippen LogP contribution < -0.4 is 5.32 Å². The minimum absolute atomic E-state index is 0.0313. The van der Waals surface area contributed by atoms with Crippen LogP contribution in [-0.2, 0) is 21.5 Å². The SMILES string of the molecule is Cc1cc(CSc2ccccc2)ccc1NC(=O)c1ccc(CS(=O)(=O)N2CCCC2)cc1. The van der Waals surface area contributed by atoms with Crippen molar-refractivity contribution in [1.82, 2.24) is 4.31 Å². The molecule has 33 heavy (non-hydrogen) atoms. The summed E-state index contributed by atoms with van der Waals surface area (Å²) in [5.74, 6) is 0.621. The number of sulfonamides is 1. The van der Waals surface area contributed by atoms with E-state index in [1.807, 2.05) is 37.3 Å². The Morgan fingerprint density at radius 3 is 2.27 bits per heavy atom. The number of rotatable bonds is 8. The van der Waals surface area contributed by atoms with Crippen molar-refractivity contribution in [3.63, 3.8) is 0 Å². The number of hydrogen-bond donors (Lipinski definition) is 1. The Balaban J connectivity index is 1.35. The second-order valence-corrected chi connectivity index (χ2v) is 11.3. The maximum atomic E-state index is 12.7. The van der Waals surface area contributed by atoms with Crippen LogP contribution in [0.25, 0.3) is 0 Å². The van der Waals surface area contributed by atoms with Crippen molar-refractivity contribution in [2.24, 2.45) is 0 Å². The Morgan fingerprint density at radius 2 is 1.61 bits per heavy atom. The van der Waals surface area contributed by atoms with E-state index in [4.69, 9.17) is 0 Å². The average molecular weight is 481 g/mol. The minimum atomic E-state index is -3.30. The molecule has 0 aromatic heterocycles. The van der Waals surface area contributed by atoms with Gasteiger partial charge in [0.1, 0.15) is 0 Å². The molecule has 3 aromatic carbocycles. The van der Waals surface area contributed by atoms with Crippen molar-refractivity contribution in [3.05, 3.63) is 95.1 Å². The number of thioether (sulfide) groups is 1. The fourth-order valence-corrected chi connectivity index (χ4v) is 6.33. The van der Waals surface area contributed by atoms with E-state index < -0.39 is 10.0 Å². The fourth-order valence-electron chi connectivity index (χ4n) is 3.85. The van der Waals surface area contributed by atoms with E-state index in [-0.39, 0.29) is 11.7 Å². The normalized spacial score (nSPS) is 14.3. The zero-order valence-corrected chi connectivity index (χ0v) is 20.3. The van der Waals surface area contributed by atoms with E-state index in [9.17, 15) is 13.2 Å². The van der Waals surface area contributed by atoms with Gasteiger partial charge < -0.3 is 5.32 Å². The van der Waals surface area contributed by atoms with Crippen LogP contribution >= 0.6 is 11.8 Å². The van der Waals surface area contributed by atoms with Gasteiger partial charge in [0.25, 0.3) is 5.91 Å². The summed E-state index contributed by atoms with van der Waals surface area (Å²) in [5.41, 5.74) is 4.16. The molecule has 1 saturated heterocycles. The monoisotopic (exact) mass is 480 g/mol. The molecule has 0 bridgehead atoms. The number of nitrogens with zero attached hydrogens (tertiary/aromatic N) is 1. The van der Waals surface area contributed by atoms with Gasteiger partial charge in [-0.25, -0.2) is 12.7 Å². The highest BCUT2D eigenvalue weighted by molar-refractivity contribution is 7.98. The van der Waals surface area contributed by atoms with Gasteiger partial charge in [-0.1, -0.05) is 42.5 Å². The molecule has 0 spiro atoms. The quantitative estimate of drug-likeness (QED) is 0.435. The molecule has 0 aliphatic carbocycles. The molecule has 1 aliphatic rings. The number of amides is 1. The van der Waals surface area contributed by atoms with Crippen molar-refractivity contribution < 1.29 is 13.2 Å². The Hall–Kier alpha value is -2.61. The molecular weight excluding hydrogens is 452 g/mol. The van der Waals surface area contributed by atoms with E-state index in [2.05, 4.69) is 23.5 Å². The first-order chi connectivity index (χ1) is 15.9. The number of aryl methyl sites for hydroxylation is 1. The molecule has 0 atom stereocenters. The first-order valence-corrected chi connectivity index (χ1v) is 13.7. The third kappa shape index (κ3) is 6.25. The van der Waals surface area contributed by atoms with Crippen molar-refractivity contribution in [2.45, 2.75) is 36.2 Å². The summed E-state index contributed by atoms with van der Waals surface area (Å²) in [6.45, 7) is 3.19. The highest BCUT2D eigenvalue weighted by atomic mass is 32.2. The summed E-state index contributed by atoms with van der Waals surface area (Å²) in [4.78, 5) is 14.0. The Bertz CT molecular complexity index is 1200. The lowest BCUT2D eigenvalue weighted by Gasteiger charge is -2.15. The van der Waals surface area contributed by atoms with Gasteiger partial charge in [0.05, 0.1) is 5.75 Å². The number of nitrogens with one attached hydrogen (secondary N) is 1. The van der Waals surface area contributed by atoms with Gasteiger partial charge in [-0.15, -0.1) is 11.8 Å². The third-order valence-corrected chi connectivity index (χ3v) is 8.64. The Labute approximate surface area is 200 Å². The topological polar surface area (TPSA) is 66.5 Å². The van der Waals surface area contributed by atoms with Gasteiger partial charge in [-0.2, -0.15) is 0 Å². The minimum Gasteiger partial charge on any atom is -0.322 e. The summed E-state index contributed by atoms with van der Waals surface area (Å²) in [6.07, 6.45) is 1.84. The van der Waals surface area contributed by atoms with Gasteiger partial charge in [-0.05, 0) is 66.8 Å². The third-order valence-electron chi connectivity index (χ3n) is 5.71. The molecule has 0 unspecified atom stereocenters. The average Bonchev–Trinajstić information content (AvgIpc) is 3.36. The van der Waals surface area contributed by atoms with Gasteiger partial charge in [-0.3, -0.25) is 4.79 Å². The molecule has 5 nitrogen and oxygen atoms in total. The van der Waals surface area contributed by atoms with Crippen LogP contribution in [-0.4, -0.2) is 31.7 Å². The van der Waals surface area contributed by atoms with E-state index in [1.54, 1.807) is 40.3 Å². The van der Waals surface area contributed by atoms with E-state index in [0.29, 0.717) is 24.2 Å². The van der Waals surface area contributed by atoms with Crippen molar-refractivity contribution in [2.75, 3.05) is 18.4 Å². The van der Waals surface area contributed by atoms with Crippen LogP contribution in [0.5, 0.6) is 0 Å². The zero-order chi connectivity index (χ0) is 23.3. The van der Waals surface area contributed by atoms with Crippen molar-refractivity contribution in [1.29, 1.82) is 0 Å². The molecule has 1 N–H and O–H groups in total. The molecule has 1 heterocycles. The summed E-state index contributed by atoms with van der Waals surface area (Å²) in [7, 11) is -3.30. The van der Waals surface area contributed by atoms with E-state index in [0.717, 1.165) is 29.8 Å². The molecule has 172 valence electrons. The number of hydrogen-bond acceptors (Lipinski definition) is 4. The second kappa shape index (κ2) is 10.5. The van der Waals surface area contributed by atoms with Gasteiger partial charge in [0, 0.05) is 35.0 Å². The highest BCUT2D eigenvalue weighted by Gasteiger charge is 2.25. The van der Waals surface area contributed by atoms with Crippen LogP contribution in [0.1, 0.15) is 39.9 Å². The predicted octanol–water partition coefficient (Wildman–Crippen LogP) is 5.47. The van der Waals surface area contributed by atoms with Crippen LogP contribution in [0.15, 0.2) is 77.7 Å². The summed E-state index contributed by atoms with van der Waals surface area (Å²) in [5, 5.41) is 2.97. The molecule has 1 aliphatic heterocycles. The standard InChI is InChI=1S/C26H28N2O3S2/c1-20-17-22(18-32-24-7-3-2-4-8-24)11-14-25(20)27-26(29)23-12-9-21(10-13-23)19-33(30,31)28-15-5-6-16-28/h2-4,7-14,17H,5-6,15-16,18-19H2,1H3,(H,27,29). The summed E-state index contributed by atoms with van der Waals surface area (Å²) >= 11 is 1.78. The molecule has 0 saturated carbocycles. The van der Waals surface area contributed by atoms with Crippen LogP contribution in [0.4, 0.5) is 5.69 Å². The molecular formula is C26H28N2O3S2. The summed E-state index contributed by atoms with van der Waals surface area (Å²) < 4.78 is 26.6. The smallest absolute Gasteiger partial charge is 0.255 e. The number of carbonyl (C=O) groups excluding carboxylic acids is 1. The van der Waals surface area contributed by atoms with Gasteiger partial charge >= 0.3 is 0 Å². The van der Waals surface area contributed by atoms with Crippen molar-refractivity contribution >= 4 is 33.4 Å². The number of carbonyl (C=O) groups is 1. The first-order valence-electron chi connectivity index (χ1n) is 11.1. The highest BCUT2D eigenvalue weighted by Crippen LogP contribution is 2.25. The zero-order valence-electron chi connectivity index (χ0n) is 18.7. The number of benzene rings is 3. The second-order valence-electron chi connectivity index (χ2n) is 8.26. The lowest BCUT2D eigenvalue weighted by atomic mass is 10.1. The summed E-state index contributed by atoms with van der Waals surface area (Å²) in [6, 6.07) is 23.1. The maximum absolute atomic E-state index is 12.7. The van der Waals surface area contributed by atoms with E-state index in [1.165, 1.54) is 10.5 Å². The lowest BCUT2D eigenvalue weighted by molar-refractivity contribution is 0.102. The van der Waals surface area contributed by atoms with Crippen molar-refractivity contribution in [3.8, 4) is 0 Å². The molecule has 1 fully saturated rings.